The van der Waals surface area contributed by atoms with Gasteiger partial charge in [0.25, 0.3) is 0 Å². The van der Waals surface area contributed by atoms with Crippen LogP contribution in [-0.2, 0) is 19.5 Å². The van der Waals surface area contributed by atoms with Gasteiger partial charge in [-0.1, -0.05) is 24.3 Å². The van der Waals surface area contributed by atoms with Crippen LogP contribution in [0.2, 0.25) is 0 Å². The Labute approximate surface area is 107 Å². The van der Waals surface area contributed by atoms with Crippen LogP contribution in [0.1, 0.15) is 21.6 Å². The topological polar surface area (TPSA) is 3.24 Å². The first-order valence-corrected chi connectivity index (χ1v) is 7.03. The fourth-order valence-electron chi connectivity index (χ4n) is 2.47. The van der Waals surface area contributed by atoms with Crippen LogP contribution < -0.4 is 0 Å². The molecule has 2 aromatic rings. The average Bonchev–Trinajstić information content (AvgIpc) is 2.79. The average molecular weight is 243 g/mol. The van der Waals surface area contributed by atoms with Crippen LogP contribution in [0.3, 0.4) is 0 Å². The van der Waals surface area contributed by atoms with Crippen molar-refractivity contribution in [3.05, 3.63) is 57.3 Å². The first-order chi connectivity index (χ1) is 8.33. The molecule has 0 N–H and O–H groups in total. The maximum absolute atomic E-state index is 2.55. The Hall–Kier alpha value is -1.12. The number of rotatable bonds is 2. The first kappa shape index (κ1) is 11.0. The number of thiophene rings is 1. The molecule has 1 aliphatic heterocycles. The second-order valence-corrected chi connectivity index (χ2v) is 5.76. The summed E-state index contributed by atoms with van der Waals surface area (Å²) in [6.07, 6.45) is 1.22. The lowest BCUT2D eigenvalue weighted by Crippen LogP contribution is -2.29. The van der Waals surface area contributed by atoms with Crippen molar-refractivity contribution in [3.63, 3.8) is 0 Å². The smallest absolute Gasteiger partial charge is 0.0248 e. The molecule has 0 aliphatic carbocycles. The van der Waals surface area contributed by atoms with Gasteiger partial charge < -0.3 is 0 Å². The molecule has 88 valence electrons. The van der Waals surface area contributed by atoms with E-state index in [9.17, 15) is 0 Å². The molecule has 0 amide bonds. The van der Waals surface area contributed by atoms with Crippen molar-refractivity contribution < 1.29 is 0 Å². The normalized spacial score (nSPS) is 15.8. The maximum atomic E-state index is 2.55. The highest BCUT2D eigenvalue weighted by Crippen LogP contribution is 2.25. The van der Waals surface area contributed by atoms with E-state index in [0.29, 0.717) is 0 Å². The van der Waals surface area contributed by atoms with E-state index in [1.165, 1.54) is 29.7 Å². The summed E-state index contributed by atoms with van der Waals surface area (Å²) >= 11 is 1.91. The Kier molecular flexibility index (Phi) is 3.00. The zero-order valence-electron chi connectivity index (χ0n) is 10.1. The third kappa shape index (κ3) is 2.28. The number of aryl methyl sites for hydroxylation is 1. The molecule has 1 aromatic heterocycles. The largest absolute Gasteiger partial charge is 0.294 e. The molecule has 0 unspecified atom stereocenters. The van der Waals surface area contributed by atoms with Crippen molar-refractivity contribution in [1.29, 1.82) is 0 Å². The molecule has 2 heteroatoms. The molecule has 0 spiro atoms. The molecule has 0 fully saturated rings. The van der Waals surface area contributed by atoms with Gasteiger partial charge in [-0.15, -0.1) is 11.3 Å². The minimum Gasteiger partial charge on any atom is -0.294 e. The van der Waals surface area contributed by atoms with Crippen molar-refractivity contribution in [2.75, 3.05) is 6.54 Å². The molecule has 1 nitrogen and oxygen atoms in total. The summed E-state index contributed by atoms with van der Waals surface area (Å²) in [7, 11) is 0. The number of hydrogen-bond donors (Lipinski definition) is 0. The zero-order valence-corrected chi connectivity index (χ0v) is 11.0. The van der Waals surface area contributed by atoms with Gasteiger partial charge in [0.1, 0.15) is 0 Å². The molecular weight excluding hydrogens is 226 g/mol. The van der Waals surface area contributed by atoms with Gasteiger partial charge in [0.05, 0.1) is 0 Å². The van der Waals surface area contributed by atoms with E-state index in [1.54, 1.807) is 4.88 Å². The van der Waals surface area contributed by atoms with Crippen LogP contribution in [0.5, 0.6) is 0 Å². The van der Waals surface area contributed by atoms with Crippen molar-refractivity contribution in [1.82, 2.24) is 4.90 Å². The van der Waals surface area contributed by atoms with Gasteiger partial charge in [-0.25, -0.2) is 0 Å². The molecular formula is C15H17NS. The third-order valence-corrected chi connectivity index (χ3v) is 4.56. The maximum Gasteiger partial charge on any atom is 0.0248 e. The number of hydrogen-bond acceptors (Lipinski definition) is 2. The van der Waals surface area contributed by atoms with E-state index < -0.39 is 0 Å². The fraction of sp³-hybridized carbons (Fsp3) is 0.333. The number of nitrogens with zero attached hydrogens (tertiary/aromatic N) is 1. The molecule has 2 heterocycles. The Morgan fingerprint density at radius 1 is 1.24 bits per heavy atom. The lowest BCUT2D eigenvalue weighted by Gasteiger charge is -2.27. The van der Waals surface area contributed by atoms with Crippen LogP contribution in [0.4, 0.5) is 0 Å². The minimum absolute atomic E-state index is 1.09. The standard InChI is InChI=1S/C15H17NS/c1-12-4-2-3-5-13(12)10-16-8-6-15-14(11-16)7-9-17-15/h2-5,7,9H,6,8,10-11H2,1H3. The Morgan fingerprint density at radius 2 is 2.12 bits per heavy atom. The monoisotopic (exact) mass is 243 g/mol. The van der Waals surface area contributed by atoms with E-state index in [2.05, 4.69) is 47.5 Å². The molecule has 0 radical (unpaired) electrons. The lowest BCUT2D eigenvalue weighted by atomic mass is 10.1. The van der Waals surface area contributed by atoms with Crippen LogP contribution >= 0.6 is 11.3 Å². The number of fused-ring (bicyclic) bond motifs is 1. The van der Waals surface area contributed by atoms with Crippen LogP contribution in [0.15, 0.2) is 35.7 Å². The lowest BCUT2D eigenvalue weighted by molar-refractivity contribution is 0.247. The van der Waals surface area contributed by atoms with E-state index >= 15 is 0 Å². The van der Waals surface area contributed by atoms with E-state index in [-0.39, 0.29) is 0 Å². The van der Waals surface area contributed by atoms with Gasteiger partial charge in [-0.05, 0) is 41.5 Å². The zero-order chi connectivity index (χ0) is 11.7. The van der Waals surface area contributed by atoms with Gasteiger partial charge in [0.2, 0.25) is 0 Å². The Balaban J connectivity index is 1.74. The van der Waals surface area contributed by atoms with Gasteiger partial charge in [-0.2, -0.15) is 0 Å². The first-order valence-electron chi connectivity index (χ1n) is 6.15. The van der Waals surface area contributed by atoms with Crippen molar-refractivity contribution >= 4 is 11.3 Å². The third-order valence-electron chi connectivity index (χ3n) is 3.54. The summed E-state index contributed by atoms with van der Waals surface area (Å²) in [5.74, 6) is 0. The minimum atomic E-state index is 1.09. The Bertz CT molecular complexity index is 515. The van der Waals surface area contributed by atoms with Crippen molar-refractivity contribution in [2.24, 2.45) is 0 Å². The highest BCUT2D eigenvalue weighted by molar-refractivity contribution is 7.10. The SMILES string of the molecule is Cc1ccccc1CN1CCc2sccc2C1. The Morgan fingerprint density at radius 3 is 3.00 bits per heavy atom. The predicted molar refractivity (Wildman–Crippen MR) is 73.3 cm³/mol. The molecule has 0 atom stereocenters. The van der Waals surface area contributed by atoms with Crippen LogP contribution in [0, 0.1) is 6.92 Å². The summed E-state index contributed by atoms with van der Waals surface area (Å²) in [6, 6.07) is 11.0. The fourth-order valence-corrected chi connectivity index (χ4v) is 3.36. The van der Waals surface area contributed by atoms with Gasteiger partial charge in [0.15, 0.2) is 0 Å². The second kappa shape index (κ2) is 4.63. The second-order valence-electron chi connectivity index (χ2n) is 4.76. The van der Waals surface area contributed by atoms with E-state index in [1.807, 2.05) is 11.3 Å². The highest BCUT2D eigenvalue weighted by Gasteiger charge is 2.17. The molecule has 0 saturated heterocycles. The van der Waals surface area contributed by atoms with E-state index in [0.717, 1.165) is 13.1 Å². The van der Waals surface area contributed by atoms with Crippen LogP contribution in [-0.4, -0.2) is 11.4 Å². The number of benzene rings is 1. The quantitative estimate of drug-likeness (QED) is 0.779. The van der Waals surface area contributed by atoms with Gasteiger partial charge in [0, 0.05) is 24.5 Å². The van der Waals surface area contributed by atoms with Crippen molar-refractivity contribution in [2.45, 2.75) is 26.4 Å². The molecule has 0 saturated carbocycles. The molecule has 3 rings (SSSR count). The van der Waals surface area contributed by atoms with E-state index in [4.69, 9.17) is 0 Å². The summed E-state index contributed by atoms with van der Waals surface area (Å²) < 4.78 is 0. The summed E-state index contributed by atoms with van der Waals surface area (Å²) in [6.45, 7) is 5.60. The molecule has 1 aromatic carbocycles. The van der Waals surface area contributed by atoms with Crippen LogP contribution in [0.25, 0.3) is 0 Å². The summed E-state index contributed by atoms with van der Waals surface area (Å²) in [5, 5.41) is 2.22. The highest BCUT2D eigenvalue weighted by atomic mass is 32.1. The molecule has 17 heavy (non-hydrogen) atoms. The van der Waals surface area contributed by atoms with Crippen molar-refractivity contribution in [3.8, 4) is 0 Å². The molecule has 0 bridgehead atoms. The van der Waals surface area contributed by atoms with Gasteiger partial charge in [-0.3, -0.25) is 4.90 Å². The summed E-state index contributed by atoms with van der Waals surface area (Å²) in [5.41, 5.74) is 4.41. The molecule has 1 aliphatic rings. The summed E-state index contributed by atoms with van der Waals surface area (Å²) in [4.78, 5) is 4.14. The van der Waals surface area contributed by atoms with Gasteiger partial charge >= 0.3 is 0 Å². The predicted octanol–water partition coefficient (Wildman–Crippen LogP) is 3.61.